The number of halogens is 3. The number of likely N-dealkylation sites (N-methyl/N-ethyl adjacent to an activating group) is 1. The molecule has 8 heteroatoms. The summed E-state index contributed by atoms with van der Waals surface area (Å²) in [6, 6.07) is 1.80. The Labute approximate surface area is 106 Å². The van der Waals surface area contributed by atoms with Crippen molar-refractivity contribution in [3.8, 4) is 0 Å². The van der Waals surface area contributed by atoms with Gasteiger partial charge in [0.05, 0.1) is 12.7 Å². The van der Waals surface area contributed by atoms with Crippen LogP contribution < -0.4 is 4.90 Å². The Morgan fingerprint density at radius 3 is 2.78 bits per heavy atom. The lowest BCUT2D eigenvalue weighted by Crippen LogP contribution is -2.22. The van der Waals surface area contributed by atoms with Gasteiger partial charge in [0, 0.05) is 26.0 Å². The smallest absolute Gasteiger partial charge is 0.349 e. The van der Waals surface area contributed by atoms with E-state index in [1.54, 1.807) is 35.1 Å². The van der Waals surface area contributed by atoms with Crippen LogP contribution >= 0.6 is 11.3 Å². The molecule has 0 fully saturated rings. The van der Waals surface area contributed by atoms with Crippen molar-refractivity contribution in [3.63, 3.8) is 0 Å². The Balaban J connectivity index is 1.96. The maximum Gasteiger partial charge on any atom is 0.427 e. The zero-order valence-electron chi connectivity index (χ0n) is 9.55. The SMILES string of the molecule is CN(CCn1cccn1)c1ncc(C(F)(F)F)s1. The van der Waals surface area contributed by atoms with Gasteiger partial charge in [-0.2, -0.15) is 18.3 Å². The minimum absolute atomic E-state index is 0.356. The van der Waals surface area contributed by atoms with E-state index in [0.717, 1.165) is 6.20 Å². The predicted octanol–water partition coefficient (Wildman–Crippen LogP) is 2.49. The van der Waals surface area contributed by atoms with Crippen LogP contribution in [0.15, 0.2) is 24.7 Å². The molecule has 0 radical (unpaired) electrons. The molecule has 0 aliphatic heterocycles. The molecule has 0 saturated carbocycles. The van der Waals surface area contributed by atoms with Crippen molar-refractivity contribution >= 4 is 16.5 Å². The minimum atomic E-state index is -4.32. The average molecular weight is 276 g/mol. The first kappa shape index (κ1) is 12.9. The predicted molar refractivity (Wildman–Crippen MR) is 62.6 cm³/mol. The molecule has 18 heavy (non-hydrogen) atoms. The summed E-state index contributed by atoms with van der Waals surface area (Å²) in [5, 5.41) is 4.38. The highest BCUT2D eigenvalue weighted by atomic mass is 32.1. The van der Waals surface area contributed by atoms with Crippen molar-refractivity contribution in [1.29, 1.82) is 0 Å². The lowest BCUT2D eigenvalue weighted by molar-refractivity contribution is -0.134. The Kier molecular flexibility index (Phi) is 3.55. The Morgan fingerprint density at radius 2 is 2.22 bits per heavy atom. The first-order valence-electron chi connectivity index (χ1n) is 5.18. The monoisotopic (exact) mass is 276 g/mol. The van der Waals surface area contributed by atoms with Crippen molar-refractivity contribution in [3.05, 3.63) is 29.5 Å². The summed E-state index contributed by atoms with van der Waals surface area (Å²) in [6.07, 6.45) is 0.00509. The van der Waals surface area contributed by atoms with Gasteiger partial charge in [0.2, 0.25) is 0 Å². The minimum Gasteiger partial charge on any atom is -0.349 e. The van der Waals surface area contributed by atoms with Crippen molar-refractivity contribution in [1.82, 2.24) is 14.8 Å². The van der Waals surface area contributed by atoms with Crippen LogP contribution in [0.3, 0.4) is 0 Å². The highest BCUT2D eigenvalue weighted by molar-refractivity contribution is 7.15. The van der Waals surface area contributed by atoms with Crippen molar-refractivity contribution < 1.29 is 13.2 Å². The van der Waals surface area contributed by atoms with Crippen molar-refractivity contribution in [2.75, 3.05) is 18.5 Å². The van der Waals surface area contributed by atoms with E-state index in [1.807, 2.05) is 0 Å². The molecule has 0 atom stereocenters. The largest absolute Gasteiger partial charge is 0.427 e. The van der Waals surface area contributed by atoms with E-state index in [4.69, 9.17) is 0 Å². The first-order chi connectivity index (χ1) is 8.47. The molecular formula is C10H11F3N4S. The van der Waals surface area contributed by atoms with E-state index < -0.39 is 11.1 Å². The quantitative estimate of drug-likeness (QED) is 0.860. The van der Waals surface area contributed by atoms with Gasteiger partial charge in [0.25, 0.3) is 0 Å². The summed E-state index contributed by atoms with van der Waals surface area (Å²) < 4.78 is 39.0. The van der Waals surface area contributed by atoms with E-state index in [1.165, 1.54) is 0 Å². The van der Waals surface area contributed by atoms with Gasteiger partial charge >= 0.3 is 6.18 Å². The third kappa shape index (κ3) is 3.00. The standard InChI is InChI=1S/C10H11F3N4S/c1-16(5-6-17-4-2-3-15-17)9-14-7-8(18-9)10(11,12)13/h2-4,7H,5-6H2,1H3. The van der Waals surface area contributed by atoms with Crippen LogP contribution in [0.25, 0.3) is 0 Å². The molecule has 0 unspecified atom stereocenters. The molecule has 0 spiro atoms. The molecule has 0 bridgehead atoms. The zero-order valence-corrected chi connectivity index (χ0v) is 10.4. The Hall–Kier alpha value is -1.57. The molecule has 2 aromatic rings. The molecule has 4 nitrogen and oxygen atoms in total. The lowest BCUT2D eigenvalue weighted by atomic mass is 10.5. The summed E-state index contributed by atoms with van der Waals surface area (Å²) in [5.74, 6) is 0. The highest BCUT2D eigenvalue weighted by Crippen LogP contribution is 2.35. The lowest BCUT2D eigenvalue weighted by Gasteiger charge is -2.15. The van der Waals surface area contributed by atoms with Gasteiger partial charge in [-0.25, -0.2) is 4.98 Å². The third-order valence-electron chi connectivity index (χ3n) is 2.32. The number of thiazole rings is 1. The summed E-state index contributed by atoms with van der Waals surface area (Å²) in [7, 11) is 1.71. The number of nitrogens with zero attached hydrogens (tertiary/aromatic N) is 4. The summed E-state index contributed by atoms with van der Waals surface area (Å²) in [6.45, 7) is 1.15. The molecular weight excluding hydrogens is 265 g/mol. The molecule has 2 aromatic heterocycles. The fourth-order valence-corrected chi connectivity index (χ4v) is 2.12. The number of anilines is 1. The second-order valence-electron chi connectivity index (χ2n) is 3.70. The molecule has 0 saturated heterocycles. The fourth-order valence-electron chi connectivity index (χ4n) is 1.35. The molecule has 98 valence electrons. The molecule has 2 heterocycles. The van der Waals surface area contributed by atoms with E-state index >= 15 is 0 Å². The topological polar surface area (TPSA) is 34.0 Å². The van der Waals surface area contributed by atoms with Crippen molar-refractivity contribution in [2.24, 2.45) is 0 Å². The van der Waals surface area contributed by atoms with Gasteiger partial charge in [-0.05, 0) is 6.07 Å². The fraction of sp³-hybridized carbons (Fsp3) is 0.400. The van der Waals surface area contributed by atoms with Crippen LogP contribution in [0.1, 0.15) is 4.88 Å². The molecule has 0 aromatic carbocycles. The van der Waals surface area contributed by atoms with Gasteiger partial charge in [-0.15, -0.1) is 0 Å². The zero-order chi connectivity index (χ0) is 13.2. The van der Waals surface area contributed by atoms with Gasteiger partial charge in [-0.3, -0.25) is 4.68 Å². The highest BCUT2D eigenvalue weighted by Gasteiger charge is 2.33. The number of hydrogen-bond acceptors (Lipinski definition) is 4. The number of alkyl halides is 3. The van der Waals surface area contributed by atoms with Crippen LogP contribution in [0.4, 0.5) is 18.3 Å². The molecule has 2 rings (SSSR count). The van der Waals surface area contributed by atoms with Gasteiger partial charge in [0.15, 0.2) is 5.13 Å². The maximum atomic E-state index is 12.4. The van der Waals surface area contributed by atoms with E-state index in [2.05, 4.69) is 10.1 Å². The van der Waals surface area contributed by atoms with E-state index in [-0.39, 0.29) is 0 Å². The third-order valence-corrected chi connectivity index (χ3v) is 3.48. The van der Waals surface area contributed by atoms with Crippen molar-refractivity contribution in [2.45, 2.75) is 12.7 Å². The van der Waals surface area contributed by atoms with Crippen LogP contribution in [0.5, 0.6) is 0 Å². The molecule has 0 N–H and O–H groups in total. The number of hydrogen-bond donors (Lipinski definition) is 0. The second-order valence-corrected chi connectivity index (χ2v) is 4.70. The number of rotatable bonds is 4. The first-order valence-corrected chi connectivity index (χ1v) is 6.00. The average Bonchev–Trinajstić information content (AvgIpc) is 2.96. The van der Waals surface area contributed by atoms with Gasteiger partial charge in [0.1, 0.15) is 4.88 Å². The van der Waals surface area contributed by atoms with Crippen LogP contribution in [-0.4, -0.2) is 28.4 Å². The Morgan fingerprint density at radius 1 is 1.44 bits per heavy atom. The normalized spacial score (nSPS) is 11.8. The van der Waals surface area contributed by atoms with E-state index in [9.17, 15) is 13.2 Å². The Bertz CT molecular complexity index is 491. The van der Waals surface area contributed by atoms with Gasteiger partial charge in [-0.1, -0.05) is 11.3 Å². The second kappa shape index (κ2) is 4.97. The maximum absolute atomic E-state index is 12.4. The molecule has 0 aliphatic rings. The molecule has 0 aliphatic carbocycles. The molecule has 0 amide bonds. The van der Waals surface area contributed by atoms with Crippen LogP contribution in [-0.2, 0) is 12.7 Å². The van der Waals surface area contributed by atoms with Gasteiger partial charge < -0.3 is 4.90 Å². The summed E-state index contributed by atoms with van der Waals surface area (Å²) >= 11 is 0.645. The number of aromatic nitrogens is 3. The van der Waals surface area contributed by atoms with E-state index in [0.29, 0.717) is 29.6 Å². The summed E-state index contributed by atoms with van der Waals surface area (Å²) in [5.41, 5.74) is 0. The van der Waals surface area contributed by atoms with Crippen LogP contribution in [0, 0.1) is 0 Å². The van der Waals surface area contributed by atoms with Crippen LogP contribution in [0.2, 0.25) is 0 Å². The summed E-state index contributed by atoms with van der Waals surface area (Å²) in [4.78, 5) is 4.78.